The average Bonchev–Trinajstić information content (AvgIpc) is 2.43. The summed E-state index contributed by atoms with van der Waals surface area (Å²) >= 11 is -3.85. The Kier molecular flexibility index (Phi) is 5.78. The van der Waals surface area contributed by atoms with Crippen LogP contribution in [0.2, 0.25) is 0 Å². The molecule has 1 rings (SSSR count). The summed E-state index contributed by atoms with van der Waals surface area (Å²) in [4.78, 5) is 6.85. The Morgan fingerprint density at radius 2 is 2.05 bits per heavy atom. The molecule has 5 nitrogen and oxygen atoms in total. The van der Waals surface area contributed by atoms with Gasteiger partial charge in [-0.3, -0.25) is 9.20 Å². The highest BCUT2D eigenvalue weighted by Gasteiger charge is 2.53. The molecule has 0 fully saturated rings. The lowest BCUT2D eigenvalue weighted by atomic mass is 9.82. The van der Waals surface area contributed by atoms with E-state index < -0.39 is 45.5 Å². The molecule has 0 bridgehead atoms. The number of aliphatic imine (C=N–C) groups is 2. The predicted molar refractivity (Wildman–Crippen MR) is 73.6 cm³/mol. The minimum Gasteiger partial charge on any atom is -0.768 e. The standard InChI is InChI=1S/C12H13F4N3O2S/c1-11(5-18-7-19-6-17,12(15,16)22(20)21)9-3-2-8(13)4-10(9)14/h2-4,6-7H,5H2,1H3,(H,20,21)(H2,17,18,19)/p-1. The molecular formula is C12H12F4N3O2S-. The van der Waals surface area contributed by atoms with E-state index in [1.54, 1.807) is 0 Å². The highest BCUT2D eigenvalue weighted by atomic mass is 32.2. The van der Waals surface area contributed by atoms with E-state index in [0.717, 1.165) is 31.7 Å². The largest absolute Gasteiger partial charge is 0.768 e. The lowest BCUT2D eigenvalue weighted by Crippen LogP contribution is -2.49. The van der Waals surface area contributed by atoms with Gasteiger partial charge in [0, 0.05) is 22.7 Å². The molecule has 2 atom stereocenters. The van der Waals surface area contributed by atoms with Gasteiger partial charge in [-0.1, -0.05) is 6.07 Å². The van der Waals surface area contributed by atoms with E-state index in [1.165, 1.54) is 0 Å². The van der Waals surface area contributed by atoms with E-state index in [-0.39, 0.29) is 0 Å². The Morgan fingerprint density at radius 3 is 2.55 bits per heavy atom. The molecule has 1 aromatic rings. The van der Waals surface area contributed by atoms with Gasteiger partial charge in [0.1, 0.15) is 18.0 Å². The van der Waals surface area contributed by atoms with Crippen LogP contribution in [0, 0.1) is 11.6 Å². The normalized spacial score (nSPS) is 17.0. The molecule has 0 amide bonds. The number of rotatable bonds is 6. The molecule has 0 radical (unpaired) electrons. The predicted octanol–water partition coefficient (Wildman–Crippen LogP) is 1.71. The van der Waals surface area contributed by atoms with E-state index in [0.29, 0.717) is 6.07 Å². The highest BCUT2D eigenvalue weighted by molar-refractivity contribution is 7.80. The first-order valence-corrected chi connectivity index (χ1v) is 6.88. The molecule has 1 aromatic carbocycles. The third-order valence-electron chi connectivity index (χ3n) is 3.02. The Bertz CT molecular complexity index is 624. The third-order valence-corrected chi connectivity index (χ3v) is 3.89. The van der Waals surface area contributed by atoms with Crippen LogP contribution in [0.15, 0.2) is 28.2 Å². The quantitative estimate of drug-likeness (QED) is 0.370. The van der Waals surface area contributed by atoms with Crippen molar-refractivity contribution in [3.05, 3.63) is 35.4 Å². The summed E-state index contributed by atoms with van der Waals surface area (Å²) in [6.45, 7) is -0.00348. The average molecular weight is 338 g/mol. The Hall–Kier alpha value is -1.81. The summed E-state index contributed by atoms with van der Waals surface area (Å²) in [7, 11) is 0. The van der Waals surface area contributed by atoms with Gasteiger partial charge in [0.05, 0.1) is 18.3 Å². The van der Waals surface area contributed by atoms with Crippen LogP contribution >= 0.6 is 0 Å². The van der Waals surface area contributed by atoms with Crippen molar-refractivity contribution in [2.24, 2.45) is 15.7 Å². The van der Waals surface area contributed by atoms with Crippen molar-refractivity contribution in [2.75, 3.05) is 6.54 Å². The molecule has 0 saturated carbocycles. The second kappa shape index (κ2) is 6.97. The van der Waals surface area contributed by atoms with Gasteiger partial charge in [-0.15, -0.1) is 0 Å². The number of hydrogen-bond acceptors (Lipinski definition) is 3. The van der Waals surface area contributed by atoms with Crippen LogP contribution in [0.3, 0.4) is 0 Å². The van der Waals surface area contributed by atoms with Crippen LogP contribution < -0.4 is 5.73 Å². The van der Waals surface area contributed by atoms with Gasteiger partial charge in [0.15, 0.2) is 0 Å². The molecule has 2 unspecified atom stereocenters. The second-order valence-corrected chi connectivity index (χ2v) is 5.44. The molecule has 10 heteroatoms. The van der Waals surface area contributed by atoms with E-state index in [2.05, 4.69) is 9.98 Å². The molecule has 22 heavy (non-hydrogen) atoms. The van der Waals surface area contributed by atoms with E-state index in [9.17, 15) is 26.3 Å². The van der Waals surface area contributed by atoms with Crippen LogP contribution in [0.4, 0.5) is 17.6 Å². The molecule has 0 aromatic heterocycles. The lowest BCUT2D eigenvalue weighted by Gasteiger charge is -2.37. The first-order valence-electron chi connectivity index (χ1n) is 5.81. The first-order chi connectivity index (χ1) is 10.2. The van der Waals surface area contributed by atoms with Crippen molar-refractivity contribution < 1.29 is 26.3 Å². The van der Waals surface area contributed by atoms with Crippen LogP contribution in [0.25, 0.3) is 0 Å². The molecule has 0 heterocycles. The fourth-order valence-electron chi connectivity index (χ4n) is 1.76. The number of benzene rings is 1. The Morgan fingerprint density at radius 1 is 1.41 bits per heavy atom. The minimum atomic E-state index is -4.35. The molecular weight excluding hydrogens is 326 g/mol. The SMILES string of the molecule is CC(CN=CN=CN)(c1ccc(F)cc1F)C(F)(F)S(=O)[O-]. The zero-order chi connectivity index (χ0) is 17.0. The summed E-state index contributed by atoms with van der Waals surface area (Å²) in [5.41, 5.74) is 1.69. The van der Waals surface area contributed by atoms with Gasteiger partial charge >= 0.3 is 5.25 Å². The fourth-order valence-corrected chi connectivity index (χ4v) is 2.31. The number of alkyl halides is 2. The minimum absolute atomic E-state index is 0.388. The van der Waals surface area contributed by atoms with Crippen molar-refractivity contribution >= 4 is 23.8 Å². The maximum absolute atomic E-state index is 14.1. The zero-order valence-electron chi connectivity index (χ0n) is 11.3. The highest BCUT2D eigenvalue weighted by Crippen LogP contribution is 2.43. The summed E-state index contributed by atoms with van der Waals surface area (Å²) in [6, 6.07) is 1.90. The van der Waals surface area contributed by atoms with Crippen molar-refractivity contribution in [3.63, 3.8) is 0 Å². The number of nitrogens with two attached hydrogens (primary N) is 1. The van der Waals surface area contributed by atoms with Crippen LogP contribution in [0.1, 0.15) is 12.5 Å². The fraction of sp³-hybridized carbons (Fsp3) is 0.333. The molecule has 0 aliphatic rings. The third kappa shape index (κ3) is 3.50. The molecule has 0 saturated heterocycles. The van der Waals surface area contributed by atoms with Gasteiger partial charge in [-0.25, -0.2) is 13.8 Å². The van der Waals surface area contributed by atoms with Crippen LogP contribution in [0.5, 0.6) is 0 Å². The second-order valence-electron chi connectivity index (χ2n) is 4.46. The first kappa shape index (κ1) is 18.2. The smallest absolute Gasteiger partial charge is 0.320 e. The molecule has 2 N–H and O–H groups in total. The topological polar surface area (TPSA) is 90.9 Å². The lowest BCUT2D eigenvalue weighted by molar-refractivity contribution is 0.0103. The van der Waals surface area contributed by atoms with Crippen LogP contribution in [-0.2, 0) is 16.5 Å². The number of nitrogens with zero attached hydrogens (tertiary/aromatic N) is 2. The Balaban J connectivity index is 3.41. The van der Waals surface area contributed by atoms with E-state index in [4.69, 9.17) is 5.73 Å². The van der Waals surface area contributed by atoms with Gasteiger partial charge in [0.25, 0.3) is 0 Å². The maximum Gasteiger partial charge on any atom is 0.320 e. The van der Waals surface area contributed by atoms with Crippen LogP contribution in [-0.4, -0.2) is 33.2 Å². The van der Waals surface area contributed by atoms with Crippen molar-refractivity contribution in [1.29, 1.82) is 0 Å². The summed E-state index contributed by atoms with van der Waals surface area (Å²) < 4.78 is 76.6. The number of halogens is 4. The van der Waals surface area contributed by atoms with Crippen molar-refractivity contribution in [3.8, 4) is 0 Å². The summed E-state index contributed by atoms with van der Waals surface area (Å²) in [5.74, 6) is -2.28. The molecule has 122 valence electrons. The van der Waals surface area contributed by atoms with Gasteiger partial charge in [-0.2, -0.15) is 8.78 Å². The zero-order valence-corrected chi connectivity index (χ0v) is 12.1. The maximum atomic E-state index is 14.1. The van der Waals surface area contributed by atoms with Crippen molar-refractivity contribution in [1.82, 2.24) is 0 Å². The summed E-state index contributed by atoms with van der Waals surface area (Å²) in [5, 5.41) is -4.35. The van der Waals surface area contributed by atoms with E-state index >= 15 is 0 Å². The molecule has 0 spiro atoms. The summed E-state index contributed by atoms with van der Waals surface area (Å²) in [6.07, 6.45) is 1.66. The van der Waals surface area contributed by atoms with Gasteiger partial charge < -0.3 is 10.3 Å². The Labute approximate surface area is 126 Å². The molecule has 0 aliphatic heterocycles. The monoisotopic (exact) mass is 338 g/mol. The van der Waals surface area contributed by atoms with Crippen molar-refractivity contribution in [2.45, 2.75) is 17.6 Å². The number of hydrogen-bond donors (Lipinski definition) is 1. The van der Waals surface area contributed by atoms with E-state index in [1.807, 2.05) is 0 Å². The van der Waals surface area contributed by atoms with Gasteiger partial charge in [0.2, 0.25) is 0 Å². The van der Waals surface area contributed by atoms with Gasteiger partial charge in [-0.05, 0) is 13.0 Å². The molecule has 0 aliphatic carbocycles.